The number of ether oxygens (including phenoxy) is 2. The van der Waals surface area contributed by atoms with Crippen molar-refractivity contribution >= 4 is 11.9 Å². The highest BCUT2D eigenvalue weighted by atomic mass is 19.4. The molecule has 1 N–H and O–H groups in total. The number of hydrogen-bond donors (Lipinski definition) is 1. The Morgan fingerprint density at radius 2 is 1.84 bits per heavy atom. The second-order valence-electron chi connectivity index (χ2n) is 5.76. The van der Waals surface area contributed by atoms with Gasteiger partial charge >= 0.3 is 12.1 Å². The summed E-state index contributed by atoms with van der Waals surface area (Å²) in [4.78, 5) is 24.3. The molecule has 0 aliphatic carbocycles. The molecule has 0 aromatic heterocycles. The molecule has 2 rings (SSSR count). The number of amides is 1. The lowest BCUT2D eigenvalue weighted by Crippen LogP contribution is -2.34. The van der Waals surface area contributed by atoms with Crippen molar-refractivity contribution in [1.82, 2.24) is 4.90 Å². The number of nitrogens with zero attached hydrogens (tertiary/aromatic N) is 1. The van der Waals surface area contributed by atoms with E-state index >= 15 is 0 Å². The van der Waals surface area contributed by atoms with Gasteiger partial charge in [0.05, 0.1) is 32.5 Å². The van der Waals surface area contributed by atoms with E-state index < -0.39 is 43.0 Å². The molecule has 9 heteroatoms. The van der Waals surface area contributed by atoms with Crippen LogP contribution in [0.4, 0.5) is 13.2 Å². The number of methoxy groups -OCH3 is 2. The number of hydrogen-bond acceptors (Lipinski definition) is 4. The third kappa shape index (κ3) is 4.15. The zero-order valence-electron chi connectivity index (χ0n) is 13.7. The molecule has 1 heterocycles. The number of carboxylic acids is 1. The van der Waals surface area contributed by atoms with Gasteiger partial charge < -0.3 is 19.5 Å². The summed E-state index contributed by atoms with van der Waals surface area (Å²) in [5, 5.41) is 8.99. The molecule has 1 aromatic carbocycles. The quantitative estimate of drug-likeness (QED) is 0.868. The van der Waals surface area contributed by atoms with E-state index in [1.807, 2.05) is 0 Å². The summed E-state index contributed by atoms with van der Waals surface area (Å²) < 4.78 is 49.2. The van der Waals surface area contributed by atoms with Crippen LogP contribution >= 0.6 is 0 Å². The second-order valence-corrected chi connectivity index (χ2v) is 5.76. The predicted molar refractivity (Wildman–Crippen MR) is 80.5 cm³/mol. The average Bonchev–Trinajstić information content (AvgIpc) is 3.00. The Bertz CT molecular complexity index is 662. The lowest BCUT2D eigenvalue weighted by atomic mass is 9.96. The molecule has 1 amide bonds. The van der Waals surface area contributed by atoms with Gasteiger partial charge in [-0.3, -0.25) is 9.59 Å². The number of carbonyl (C=O) groups excluding carboxylic acids is 1. The molecule has 0 unspecified atom stereocenters. The van der Waals surface area contributed by atoms with E-state index in [0.717, 1.165) is 4.90 Å². The smallest absolute Gasteiger partial charge is 0.394 e. The number of alkyl halides is 3. The first-order chi connectivity index (χ1) is 11.7. The van der Waals surface area contributed by atoms with Gasteiger partial charge in [-0.15, -0.1) is 0 Å². The number of carboxylic acid groups (broad SMARTS) is 1. The van der Waals surface area contributed by atoms with E-state index in [4.69, 9.17) is 14.6 Å². The van der Waals surface area contributed by atoms with E-state index in [1.165, 1.54) is 14.2 Å². The summed E-state index contributed by atoms with van der Waals surface area (Å²) in [7, 11) is 2.88. The zero-order valence-corrected chi connectivity index (χ0v) is 13.7. The molecule has 0 bridgehead atoms. The van der Waals surface area contributed by atoms with Crippen LogP contribution < -0.4 is 9.47 Å². The molecule has 6 nitrogen and oxygen atoms in total. The molecule has 1 aliphatic rings. The summed E-state index contributed by atoms with van der Waals surface area (Å²) in [6, 6.07) is 4.75. The van der Waals surface area contributed by atoms with E-state index in [9.17, 15) is 22.8 Å². The third-order valence-electron chi connectivity index (χ3n) is 4.21. The zero-order chi connectivity index (χ0) is 18.8. The van der Waals surface area contributed by atoms with Gasteiger partial charge in [0.15, 0.2) is 11.5 Å². The SMILES string of the molecule is COc1ccc(CC(=O)N2C[C@@H](C(F)(F)F)[C@H](C(=O)O)C2)cc1OC. The molecule has 1 aromatic rings. The molecule has 1 saturated heterocycles. The highest BCUT2D eigenvalue weighted by Gasteiger charge is 2.53. The normalized spacial score (nSPS) is 20.4. The Balaban J connectivity index is 2.12. The van der Waals surface area contributed by atoms with Gasteiger partial charge in [-0.25, -0.2) is 0 Å². The van der Waals surface area contributed by atoms with Crippen molar-refractivity contribution < 1.29 is 37.3 Å². The molecular weight excluding hydrogens is 343 g/mol. The maximum atomic E-state index is 13.0. The minimum atomic E-state index is -4.67. The largest absolute Gasteiger partial charge is 0.493 e. The molecule has 1 fully saturated rings. The van der Waals surface area contributed by atoms with Crippen LogP contribution in [0.15, 0.2) is 18.2 Å². The fourth-order valence-corrected chi connectivity index (χ4v) is 2.87. The van der Waals surface area contributed by atoms with Gasteiger partial charge in [-0.05, 0) is 17.7 Å². The molecule has 25 heavy (non-hydrogen) atoms. The molecule has 0 spiro atoms. The summed E-state index contributed by atoms with van der Waals surface area (Å²) >= 11 is 0. The van der Waals surface area contributed by atoms with Crippen LogP contribution in [-0.2, 0) is 16.0 Å². The number of carbonyl (C=O) groups is 2. The van der Waals surface area contributed by atoms with Crippen molar-refractivity contribution in [2.45, 2.75) is 12.6 Å². The average molecular weight is 361 g/mol. The summed E-state index contributed by atoms with van der Waals surface area (Å²) in [6.45, 7) is -1.10. The Morgan fingerprint density at radius 1 is 1.20 bits per heavy atom. The van der Waals surface area contributed by atoms with E-state index in [1.54, 1.807) is 18.2 Å². The number of likely N-dealkylation sites (tertiary alicyclic amines) is 1. The van der Waals surface area contributed by atoms with Crippen LogP contribution in [0.3, 0.4) is 0 Å². The van der Waals surface area contributed by atoms with Crippen molar-refractivity contribution in [3.05, 3.63) is 23.8 Å². The summed E-state index contributed by atoms with van der Waals surface area (Å²) in [5.41, 5.74) is 0.532. The highest BCUT2D eigenvalue weighted by Crippen LogP contribution is 2.38. The second kappa shape index (κ2) is 7.20. The van der Waals surface area contributed by atoms with E-state index in [0.29, 0.717) is 17.1 Å². The Hall–Kier alpha value is -2.45. The molecule has 0 saturated carbocycles. The van der Waals surface area contributed by atoms with Crippen molar-refractivity contribution in [2.24, 2.45) is 11.8 Å². The van der Waals surface area contributed by atoms with E-state index in [2.05, 4.69) is 0 Å². The van der Waals surface area contributed by atoms with Gasteiger partial charge in [-0.2, -0.15) is 13.2 Å². The Morgan fingerprint density at radius 3 is 2.32 bits per heavy atom. The number of aliphatic carboxylic acids is 1. The van der Waals surface area contributed by atoms with Gasteiger partial charge in [0.25, 0.3) is 0 Å². The topological polar surface area (TPSA) is 76.1 Å². The molecular formula is C16H18F3NO5. The van der Waals surface area contributed by atoms with Crippen LogP contribution in [0.2, 0.25) is 0 Å². The van der Waals surface area contributed by atoms with Crippen LogP contribution in [0.5, 0.6) is 11.5 Å². The van der Waals surface area contributed by atoms with Gasteiger partial charge in [0, 0.05) is 13.1 Å². The van der Waals surface area contributed by atoms with Gasteiger partial charge in [0.2, 0.25) is 5.91 Å². The highest BCUT2D eigenvalue weighted by molar-refractivity contribution is 5.81. The van der Waals surface area contributed by atoms with Crippen LogP contribution in [0.1, 0.15) is 5.56 Å². The molecule has 0 radical (unpaired) electrons. The van der Waals surface area contributed by atoms with Gasteiger partial charge in [0.1, 0.15) is 0 Å². The maximum Gasteiger partial charge on any atom is 0.394 e. The number of benzene rings is 1. The monoisotopic (exact) mass is 361 g/mol. The number of rotatable bonds is 5. The first-order valence-corrected chi connectivity index (χ1v) is 7.45. The fraction of sp³-hybridized carbons (Fsp3) is 0.500. The third-order valence-corrected chi connectivity index (χ3v) is 4.21. The maximum absolute atomic E-state index is 13.0. The van der Waals surface area contributed by atoms with Crippen LogP contribution in [-0.4, -0.2) is 55.4 Å². The first kappa shape index (κ1) is 18.9. The Kier molecular flexibility index (Phi) is 5.44. The van der Waals surface area contributed by atoms with Crippen molar-refractivity contribution in [1.29, 1.82) is 0 Å². The predicted octanol–water partition coefficient (Wildman–Crippen LogP) is 1.97. The van der Waals surface area contributed by atoms with Crippen LogP contribution in [0.25, 0.3) is 0 Å². The van der Waals surface area contributed by atoms with Crippen molar-refractivity contribution in [2.75, 3.05) is 27.3 Å². The number of halogens is 3. The molecule has 2 atom stereocenters. The lowest BCUT2D eigenvalue weighted by Gasteiger charge is -2.18. The van der Waals surface area contributed by atoms with Crippen molar-refractivity contribution in [3.8, 4) is 11.5 Å². The minimum absolute atomic E-state index is 0.155. The lowest BCUT2D eigenvalue weighted by molar-refractivity contribution is -0.188. The van der Waals surface area contributed by atoms with Gasteiger partial charge in [-0.1, -0.05) is 6.07 Å². The fourth-order valence-electron chi connectivity index (χ4n) is 2.87. The first-order valence-electron chi connectivity index (χ1n) is 7.45. The summed E-state index contributed by atoms with van der Waals surface area (Å²) in [6.07, 6.45) is -4.82. The standard InChI is InChI=1S/C16H18F3NO5/c1-24-12-4-3-9(5-13(12)25-2)6-14(21)20-7-10(15(22)23)11(8-20)16(17,18)19/h3-5,10-11H,6-8H2,1-2H3,(H,22,23)/t10-,11-/m1/s1. The molecule has 138 valence electrons. The summed E-state index contributed by atoms with van der Waals surface area (Å²) in [5.74, 6) is -4.96. The van der Waals surface area contributed by atoms with E-state index in [-0.39, 0.29) is 6.42 Å². The van der Waals surface area contributed by atoms with Crippen molar-refractivity contribution in [3.63, 3.8) is 0 Å². The Labute approximate surface area is 142 Å². The molecule has 1 aliphatic heterocycles. The minimum Gasteiger partial charge on any atom is -0.493 e. The van der Waals surface area contributed by atoms with Crippen LogP contribution in [0, 0.1) is 11.8 Å².